The molecule has 0 N–H and O–H groups in total. The van der Waals surface area contributed by atoms with Crippen molar-refractivity contribution in [3.63, 3.8) is 0 Å². The summed E-state index contributed by atoms with van der Waals surface area (Å²) in [6, 6.07) is 12.8. The van der Waals surface area contributed by atoms with Crippen molar-refractivity contribution in [2.45, 2.75) is 0 Å². The molecule has 0 fully saturated rings. The van der Waals surface area contributed by atoms with Crippen molar-refractivity contribution in [3.05, 3.63) is 60.9 Å². The molecule has 0 bridgehead atoms. The molecule has 0 atom stereocenters. The maximum Gasteiger partial charge on any atom is 0.344 e. The van der Waals surface area contributed by atoms with Gasteiger partial charge in [0.1, 0.15) is 37.1 Å². The first-order valence-corrected chi connectivity index (χ1v) is 8.68. The Morgan fingerprint density at radius 3 is 1.73 bits per heavy atom. The molecule has 2 aromatic carbocycles. The summed E-state index contributed by atoms with van der Waals surface area (Å²) in [5.74, 6) is 0.785. The van der Waals surface area contributed by atoms with Crippen LogP contribution in [0.5, 0.6) is 11.5 Å². The van der Waals surface area contributed by atoms with E-state index in [4.69, 9.17) is 18.9 Å². The minimum Gasteiger partial charge on any atom is -0.491 e. The highest BCUT2D eigenvalue weighted by molar-refractivity contribution is 5.71. The second kappa shape index (κ2) is 12.3. The van der Waals surface area contributed by atoms with E-state index in [2.05, 4.69) is 16.6 Å². The Balaban J connectivity index is 1.58. The molecule has 0 aliphatic carbocycles. The minimum absolute atomic E-state index is 0.0204. The lowest BCUT2D eigenvalue weighted by Crippen LogP contribution is -2.18. The number of nitrogens with zero attached hydrogens (tertiary/aromatic N) is 2. The Morgan fingerprint density at radius 1 is 0.767 bits per heavy atom. The number of hydrogen-bond donors (Lipinski definition) is 0. The maximum atomic E-state index is 11.7. The fraction of sp³-hybridized carbons (Fsp3) is 0.190. The Morgan fingerprint density at radius 2 is 1.23 bits per heavy atom. The Kier molecular flexibility index (Phi) is 9.07. The zero-order valence-electron chi connectivity index (χ0n) is 15.9. The highest BCUT2D eigenvalue weighted by Crippen LogP contribution is 2.18. The van der Waals surface area contributed by atoms with Crippen LogP contribution in [0.15, 0.2) is 70.9 Å². The number of carbonyl (C=O) groups is 1. The van der Waals surface area contributed by atoms with E-state index in [1.54, 1.807) is 48.5 Å². The van der Waals surface area contributed by atoms with Crippen LogP contribution in [0.4, 0.5) is 11.4 Å². The Hall–Kier alpha value is -4.19. The summed E-state index contributed by atoms with van der Waals surface area (Å²) in [7, 11) is 0. The molecule has 2 aromatic rings. The van der Waals surface area contributed by atoms with Gasteiger partial charge < -0.3 is 18.9 Å². The van der Waals surface area contributed by atoms with E-state index in [0.29, 0.717) is 28.6 Å². The zero-order valence-corrected chi connectivity index (χ0v) is 15.9. The summed E-state index contributed by atoms with van der Waals surface area (Å²) >= 11 is 0. The fourth-order valence-corrected chi connectivity index (χ4v) is 2.07. The van der Waals surface area contributed by atoms with E-state index in [0.717, 1.165) is 0 Å². The van der Waals surface area contributed by atoms with Gasteiger partial charge in [-0.3, -0.25) is 0 Å². The smallest absolute Gasteiger partial charge is 0.344 e. The van der Waals surface area contributed by atoms with Gasteiger partial charge >= 0.3 is 5.97 Å². The summed E-state index contributed by atoms with van der Waals surface area (Å²) < 4.78 is 21.1. The Labute approximate surface area is 172 Å². The van der Waals surface area contributed by atoms with E-state index in [9.17, 15) is 14.4 Å². The van der Waals surface area contributed by atoms with Gasteiger partial charge in [-0.1, -0.05) is 6.58 Å². The molecule has 0 aromatic heterocycles. The Bertz CT molecular complexity index is 863. The number of rotatable bonds is 12. The van der Waals surface area contributed by atoms with Crippen molar-refractivity contribution in [2.75, 3.05) is 26.4 Å². The molecule has 0 heterocycles. The summed E-state index contributed by atoms with van der Waals surface area (Å²) in [6.07, 6.45) is 2.89. The van der Waals surface area contributed by atoms with Gasteiger partial charge in [0.2, 0.25) is 12.2 Å². The predicted molar refractivity (Wildman–Crippen MR) is 105 cm³/mol. The number of aliphatic imine (C=N–C) groups is 2. The average Bonchev–Trinajstić information content (AvgIpc) is 2.76. The lowest BCUT2D eigenvalue weighted by Gasteiger charge is -2.11. The maximum absolute atomic E-state index is 11.7. The molecule has 0 saturated carbocycles. The molecule has 30 heavy (non-hydrogen) atoms. The second-order valence-electron chi connectivity index (χ2n) is 5.58. The van der Waals surface area contributed by atoms with Gasteiger partial charge in [-0.05, 0) is 48.5 Å². The molecule has 0 saturated heterocycles. The first-order valence-electron chi connectivity index (χ1n) is 8.68. The van der Waals surface area contributed by atoms with Crippen molar-refractivity contribution >= 4 is 29.5 Å². The SMILES string of the molecule is C=C(COc1ccc(N=C=O)cc1)OCCOC(=O)COc1ccc(N=C=O)cc1. The third-order valence-corrected chi connectivity index (χ3v) is 3.43. The van der Waals surface area contributed by atoms with Crippen LogP contribution in [0.25, 0.3) is 0 Å². The van der Waals surface area contributed by atoms with Crippen LogP contribution in [-0.4, -0.2) is 44.6 Å². The molecule has 0 spiro atoms. The number of benzene rings is 2. The van der Waals surface area contributed by atoms with Crippen LogP contribution < -0.4 is 9.47 Å². The highest BCUT2D eigenvalue weighted by Gasteiger charge is 2.05. The van der Waals surface area contributed by atoms with Crippen LogP contribution >= 0.6 is 0 Å². The monoisotopic (exact) mass is 410 g/mol. The molecule has 0 amide bonds. The van der Waals surface area contributed by atoms with E-state index < -0.39 is 5.97 Å². The molecule has 154 valence electrons. The second-order valence-corrected chi connectivity index (χ2v) is 5.58. The molecule has 0 unspecified atom stereocenters. The molecular formula is C21H18N2O7. The summed E-state index contributed by atoms with van der Waals surface area (Å²) in [6.45, 7) is 3.68. The van der Waals surface area contributed by atoms with E-state index in [-0.39, 0.29) is 26.4 Å². The molecule has 0 aliphatic rings. The summed E-state index contributed by atoms with van der Waals surface area (Å²) in [5, 5.41) is 0. The van der Waals surface area contributed by atoms with Crippen molar-refractivity contribution in [3.8, 4) is 11.5 Å². The molecule has 0 radical (unpaired) electrons. The van der Waals surface area contributed by atoms with Gasteiger partial charge in [-0.2, -0.15) is 9.98 Å². The molecule has 0 aliphatic heterocycles. The standard InChI is InChI=1S/C21H18N2O7/c1-16(12-29-19-6-2-17(3-7-19)22-14-24)27-10-11-28-21(26)13-30-20-8-4-18(5-9-20)23-15-25/h2-9H,1,10-13H2. The lowest BCUT2D eigenvalue weighted by molar-refractivity contribution is -0.147. The van der Waals surface area contributed by atoms with Crippen molar-refractivity contribution in [1.29, 1.82) is 0 Å². The number of hydrogen-bond acceptors (Lipinski definition) is 9. The van der Waals surface area contributed by atoms with Crippen molar-refractivity contribution < 1.29 is 33.3 Å². The highest BCUT2D eigenvalue weighted by atomic mass is 16.6. The summed E-state index contributed by atoms with van der Waals surface area (Å²) in [5.41, 5.74) is 0.910. The normalized spacial score (nSPS) is 9.47. The van der Waals surface area contributed by atoms with Crippen LogP contribution in [0.2, 0.25) is 0 Å². The minimum atomic E-state index is -0.562. The molecule has 9 nitrogen and oxygen atoms in total. The number of ether oxygens (including phenoxy) is 4. The van der Waals surface area contributed by atoms with Crippen molar-refractivity contribution in [2.24, 2.45) is 9.98 Å². The third-order valence-electron chi connectivity index (χ3n) is 3.43. The zero-order chi connectivity index (χ0) is 21.6. The lowest BCUT2D eigenvalue weighted by atomic mass is 10.3. The number of isocyanates is 2. The van der Waals surface area contributed by atoms with Crippen LogP contribution in [0.3, 0.4) is 0 Å². The quantitative estimate of drug-likeness (QED) is 0.174. The van der Waals surface area contributed by atoms with Gasteiger partial charge in [-0.15, -0.1) is 0 Å². The summed E-state index contributed by atoms with van der Waals surface area (Å²) in [4.78, 5) is 38.9. The van der Waals surface area contributed by atoms with Gasteiger partial charge in [0.25, 0.3) is 0 Å². The first kappa shape index (κ1) is 22.1. The van der Waals surface area contributed by atoms with Crippen LogP contribution in [0, 0.1) is 0 Å². The number of esters is 1. The number of carbonyl (C=O) groups excluding carboxylic acids is 3. The third kappa shape index (κ3) is 8.22. The van der Waals surface area contributed by atoms with E-state index >= 15 is 0 Å². The fourth-order valence-electron chi connectivity index (χ4n) is 2.07. The predicted octanol–water partition coefficient (Wildman–Crippen LogP) is 3.15. The topological polar surface area (TPSA) is 113 Å². The van der Waals surface area contributed by atoms with E-state index in [1.807, 2.05) is 0 Å². The van der Waals surface area contributed by atoms with E-state index in [1.165, 1.54) is 12.2 Å². The molecule has 2 rings (SSSR count). The molecule has 9 heteroatoms. The van der Waals surface area contributed by atoms with Gasteiger partial charge in [0.05, 0.1) is 11.4 Å². The average molecular weight is 410 g/mol. The van der Waals surface area contributed by atoms with Gasteiger partial charge in [-0.25, -0.2) is 14.4 Å². The first-order chi connectivity index (χ1) is 14.6. The van der Waals surface area contributed by atoms with Crippen LogP contribution in [0.1, 0.15) is 0 Å². The van der Waals surface area contributed by atoms with Gasteiger partial charge in [0, 0.05) is 0 Å². The molecular weight excluding hydrogens is 392 g/mol. The van der Waals surface area contributed by atoms with Crippen LogP contribution in [-0.2, 0) is 23.9 Å². The van der Waals surface area contributed by atoms with Gasteiger partial charge in [0.15, 0.2) is 6.61 Å². The largest absolute Gasteiger partial charge is 0.491 e. The van der Waals surface area contributed by atoms with Crippen molar-refractivity contribution in [1.82, 2.24) is 0 Å².